The van der Waals surface area contributed by atoms with Gasteiger partial charge in [-0.25, -0.2) is 0 Å². The van der Waals surface area contributed by atoms with Crippen molar-refractivity contribution in [2.45, 2.75) is 248 Å². The topological polar surface area (TPSA) is 279 Å². The fourth-order valence-corrected chi connectivity index (χ4v) is 16.8. The molecule has 0 aromatic carbocycles. The molecule has 102 heavy (non-hydrogen) atoms. The Balaban J connectivity index is 1.45. The van der Waals surface area contributed by atoms with Gasteiger partial charge < -0.3 is 64.8 Å². The van der Waals surface area contributed by atoms with E-state index in [0.717, 1.165) is 69.4 Å². The normalized spacial score (nSPS) is 30.5. The van der Waals surface area contributed by atoms with Crippen molar-refractivity contribution in [2.24, 2.45) is 35.5 Å². The summed E-state index contributed by atoms with van der Waals surface area (Å²) in [6, 6.07) is -9.12. The highest BCUT2D eigenvalue weighted by Gasteiger charge is 2.52. The summed E-state index contributed by atoms with van der Waals surface area (Å²) in [5.41, 5.74) is -1.65. The van der Waals surface area contributed by atoms with Gasteiger partial charge >= 0.3 is 6.18 Å². The Kier molecular flexibility index (Phi) is 31.9. The molecule has 4 saturated carbocycles. The van der Waals surface area contributed by atoms with Crippen LogP contribution in [0.2, 0.25) is 0 Å². The number of morpholine rings is 1. The fourth-order valence-electron chi connectivity index (χ4n) is 15.9. The lowest BCUT2D eigenvalue weighted by molar-refractivity contribution is -0.182. The molecule has 5 unspecified atom stereocenters. The monoisotopic (exact) mass is 1480 g/mol. The summed E-state index contributed by atoms with van der Waals surface area (Å²) in [6.07, 6.45) is 3.76. The molecule has 0 bridgehead atoms. The second-order valence-electron chi connectivity index (χ2n) is 30.4. The van der Waals surface area contributed by atoms with E-state index in [0.29, 0.717) is 32.1 Å². The average Bonchev–Trinajstić information content (AvgIpc) is 1.42. The van der Waals surface area contributed by atoms with E-state index in [1.807, 2.05) is 6.92 Å². The fraction of sp³-hybridized carbons (Fsp3) is 0.833. The molecule has 2 heterocycles. The van der Waals surface area contributed by atoms with E-state index in [4.69, 9.17) is 27.9 Å². The van der Waals surface area contributed by atoms with Crippen LogP contribution in [0.15, 0.2) is 0 Å². The van der Waals surface area contributed by atoms with Crippen LogP contribution in [0.5, 0.6) is 0 Å². The molecule has 0 aromatic rings. The van der Waals surface area contributed by atoms with Crippen LogP contribution < -0.4 is 16.0 Å². The van der Waals surface area contributed by atoms with Gasteiger partial charge in [0.25, 0.3) is 0 Å². The number of nitrogens with zero attached hydrogens (tertiary/aromatic N) is 9. The van der Waals surface area contributed by atoms with E-state index in [2.05, 4.69) is 16.0 Å². The van der Waals surface area contributed by atoms with Crippen LogP contribution in [0.25, 0.3) is 0 Å². The number of hydrogen-bond acceptors (Lipinski definition) is 13. The maximum Gasteiger partial charge on any atom is 0.393 e. The van der Waals surface area contributed by atoms with Gasteiger partial charge in [0.2, 0.25) is 70.9 Å². The number of hydrogen-bond donors (Lipinski definition) is 3. The molecule has 4 aliphatic carbocycles. The van der Waals surface area contributed by atoms with Crippen molar-refractivity contribution in [3.05, 3.63) is 0 Å². The number of carbonyl (C=O) groups is 12. The molecule has 1 spiro atoms. The van der Waals surface area contributed by atoms with E-state index >= 15 is 19.2 Å². The number of carbonyl (C=O) groups excluding carboxylic acids is 12. The second kappa shape index (κ2) is 38.3. The zero-order valence-corrected chi connectivity index (χ0v) is 64.1. The van der Waals surface area contributed by atoms with Gasteiger partial charge in [-0.2, -0.15) is 13.2 Å². The summed E-state index contributed by atoms with van der Waals surface area (Å²) >= 11 is 13.6. The first-order valence-electron chi connectivity index (χ1n) is 37.2. The SMILES string of the molecule is CC[C@H](C)[C@@H]1NC(=O)[C@H](C)N(C)C(=O)C[C@@H](C(=O)N2CCOCC2)N(C)C(=O)[C@H](C(C)C)N(C)C(=O)C2(CCCC2)NC(=O)[C@H](CC2CCCCC2Cl)N(CC)C(=O)[C@H](CCC2CCC(C(F)(F)F)C(Cl)C2)NC(=O)CN(C)C(=O)[C@H](CC2CCCCC2)N(C)C(=O)CN(C)C(=O)CN(C)C1=O. The first-order chi connectivity index (χ1) is 48.0. The third-order valence-electron chi connectivity index (χ3n) is 22.9. The molecule has 6 fully saturated rings. The Labute approximate surface area is 611 Å². The van der Waals surface area contributed by atoms with Gasteiger partial charge in [0.15, 0.2) is 0 Å². The van der Waals surface area contributed by atoms with Crippen LogP contribution in [-0.4, -0.2) is 282 Å². The number of alkyl halides is 5. The highest BCUT2D eigenvalue weighted by atomic mass is 35.5. The number of amides is 12. The molecule has 6 aliphatic rings. The van der Waals surface area contributed by atoms with Crippen molar-refractivity contribution in [1.29, 1.82) is 0 Å². The van der Waals surface area contributed by atoms with Gasteiger partial charge in [0, 0.05) is 79.7 Å². The number of halogens is 5. The molecular weight excluding hydrogens is 1370 g/mol. The summed E-state index contributed by atoms with van der Waals surface area (Å²) in [6.45, 7) is 8.93. The lowest BCUT2D eigenvalue weighted by Crippen LogP contribution is -2.65. The van der Waals surface area contributed by atoms with Crippen molar-refractivity contribution in [3.63, 3.8) is 0 Å². The minimum absolute atomic E-state index is 0.0147. The van der Waals surface area contributed by atoms with Crippen molar-refractivity contribution in [2.75, 3.05) is 102 Å². The molecule has 13 atom stereocenters. The molecule has 0 radical (unpaired) electrons. The lowest BCUT2D eigenvalue weighted by Gasteiger charge is -2.42. The smallest absolute Gasteiger partial charge is 0.378 e. The molecule has 2 saturated heterocycles. The minimum Gasteiger partial charge on any atom is -0.378 e. The second-order valence-corrected chi connectivity index (χ2v) is 31.5. The van der Waals surface area contributed by atoms with Crippen LogP contribution in [-0.2, 0) is 62.3 Å². The Morgan fingerprint density at radius 2 is 1.22 bits per heavy atom. The Hall–Kier alpha value is -6.03. The van der Waals surface area contributed by atoms with Crippen LogP contribution in [0.3, 0.4) is 0 Å². The van der Waals surface area contributed by atoms with E-state index in [-0.39, 0.29) is 102 Å². The Morgan fingerprint density at radius 3 is 1.80 bits per heavy atom. The molecule has 0 aromatic heterocycles. The van der Waals surface area contributed by atoms with Gasteiger partial charge in [-0.15, -0.1) is 23.2 Å². The highest BCUT2D eigenvalue weighted by molar-refractivity contribution is 6.21. The maximum absolute atomic E-state index is 15.8. The molecule has 3 N–H and O–H groups in total. The minimum atomic E-state index is -4.53. The predicted octanol–water partition coefficient (Wildman–Crippen LogP) is 5.79. The average molecular weight is 1490 g/mol. The van der Waals surface area contributed by atoms with Gasteiger partial charge in [-0.05, 0) is 114 Å². The Morgan fingerprint density at radius 1 is 0.608 bits per heavy atom. The quantitative estimate of drug-likeness (QED) is 0.195. The van der Waals surface area contributed by atoms with Gasteiger partial charge in [0.1, 0.15) is 47.8 Å². The lowest BCUT2D eigenvalue weighted by atomic mass is 9.78. The van der Waals surface area contributed by atoms with Gasteiger partial charge in [-0.3, -0.25) is 57.5 Å². The molecule has 25 nitrogen and oxygen atoms in total. The number of ether oxygens (including phenoxy) is 1. The summed E-state index contributed by atoms with van der Waals surface area (Å²) in [7, 11) is 9.75. The Bertz CT molecular complexity index is 2940. The third kappa shape index (κ3) is 21.8. The van der Waals surface area contributed by atoms with Crippen molar-refractivity contribution in [3.8, 4) is 0 Å². The standard InChI is InChI=1S/C72H117Cl2F3N12O13/c1-14-45(5)61-68(99)83(9)42-59(92)81(7)43-60(93)85(11)55(38-47-23-17-16-18-24-47)66(97)82(8)41-57(90)78-53(30-28-48-27-29-50(52(74)37-48)72(75,76)77)65(96)89(15-2)54(39-49-25-19-20-26-51(49)73)64(95)80-71(31-21-22-32-71)70(101)87(13)62(44(3)4)69(100)86(12)56(67(98)88-33-35-102-36-34-88)40-58(91)84(10)46(6)63(94)79-61/h44-56,61-62H,14-43H2,1-13H3,(H,78,90)(H,79,94)(H,80,95)/t45-,46-,48?,49?,50?,51?,52?,53-,54-,55-,56-,61-,62-/m0/s1. The first-order valence-corrected chi connectivity index (χ1v) is 38.1. The van der Waals surface area contributed by atoms with E-state index < -0.39 is 185 Å². The van der Waals surface area contributed by atoms with Crippen molar-refractivity contribution >= 4 is 94.1 Å². The molecule has 578 valence electrons. The van der Waals surface area contributed by atoms with Gasteiger partial charge in [0.05, 0.1) is 45.2 Å². The van der Waals surface area contributed by atoms with E-state index in [1.165, 1.54) is 75.9 Å². The number of nitrogens with one attached hydrogen (secondary N) is 3. The molecule has 12 amide bonds. The maximum atomic E-state index is 15.8. The zero-order chi connectivity index (χ0) is 75.8. The highest BCUT2D eigenvalue weighted by Crippen LogP contribution is 2.44. The molecular formula is C72H117Cl2F3N12O13. The van der Waals surface area contributed by atoms with Gasteiger partial charge in [-0.1, -0.05) is 91.9 Å². The first kappa shape index (κ1) is 84.9. The van der Waals surface area contributed by atoms with Crippen molar-refractivity contribution in [1.82, 2.24) is 60.0 Å². The molecule has 2 aliphatic heterocycles. The summed E-state index contributed by atoms with van der Waals surface area (Å²) < 4.78 is 47.9. The summed E-state index contributed by atoms with van der Waals surface area (Å²) in [5, 5.41) is 7.13. The van der Waals surface area contributed by atoms with Crippen LogP contribution in [0.4, 0.5) is 13.2 Å². The van der Waals surface area contributed by atoms with Crippen LogP contribution >= 0.6 is 23.2 Å². The number of rotatable bonds is 12. The third-order valence-corrected chi connectivity index (χ3v) is 24.0. The van der Waals surface area contributed by atoms with E-state index in [1.54, 1.807) is 27.7 Å². The molecule has 6 rings (SSSR count). The van der Waals surface area contributed by atoms with Crippen LogP contribution in [0.1, 0.15) is 183 Å². The summed E-state index contributed by atoms with van der Waals surface area (Å²) in [4.78, 5) is 190. The largest absolute Gasteiger partial charge is 0.393 e. The summed E-state index contributed by atoms with van der Waals surface area (Å²) in [5.74, 6) is -11.7. The number of likely N-dealkylation sites (N-methyl/N-ethyl adjacent to an activating group) is 8. The van der Waals surface area contributed by atoms with Crippen molar-refractivity contribution < 1.29 is 75.4 Å². The molecule has 30 heteroatoms. The van der Waals surface area contributed by atoms with E-state index in [9.17, 15) is 51.5 Å². The predicted molar refractivity (Wildman–Crippen MR) is 379 cm³/mol. The van der Waals surface area contributed by atoms with Crippen LogP contribution in [0, 0.1) is 35.5 Å². The zero-order valence-electron chi connectivity index (χ0n) is 62.6.